The van der Waals surface area contributed by atoms with E-state index in [1.807, 2.05) is 29.2 Å². The Balaban J connectivity index is 1.19. The second-order valence-electron chi connectivity index (χ2n) is 8.86. The molecular formula is C27H30N2O3. The molecule has 5 rings (SSSR count). The van der Waals surface area contributed by atoms with Crippen molar-refractivity contribution in [3.63, 3.8) is 0 Å². The molecule has 1 amide bonds. The van der Waals surface area contributed by atoms with Crippen LogP contribution in [-0.2, 0) is 24.3 Å². The first kappa shape index (κ1) is 20.8. The second kappa shape index (κ2) is 9.21. The van der Waals surface area contributed by atoms with Gasteiger partial charge >= 0.3 is 0 Å². The summed E-state index contributed by atoms with van der Waals surface area (Å²) in [5.74, 6) is 0.816. The van der Waals surface area contributed by atoms with Crippen molar-refractivity contribution in [2.45, 2.75) is 51.5 Å². The molecule has 0 saturated carbocycles. The van der Waals surface area contributed by atoms with Crippen LogP contribution in [-0.4, -0.2) is 36.0 Å². The number of likely N-dealkylation sites (tertiary alicyclic amines) is 1. The van der Waals surface area contributed by atoms with Crippen LogP contribution in [0.25, 0.3) is 0 Å². The summed E-state index contributed by atoms with van der Waals surface area (Å²) < 4.78 is 11.9. The van der Waals surface area contributed by atoms with Crippen molar-refractivity contribution in [3.05, 3.63) is 89.4 Å². The summed E-state index contributed by atoms with van der Waals surface area (Å²) in [7, 11) is 0. The van der Waals surface area contributed by atoms with Gasteiger partial charge in [0.2, 0.25) is 0 Å². The average molecular weight is 431 g/mol. The van der Waals surface area contributed by atoms with Crippen LogP contribution in [0.4, 0.5) is 5.69 Å². The van der Waals surface area contributed by atoms with Gasteiger partial charge in [-0.15, -0.1) is 0 Å². The molecule has 0 radical (unpaired) electrons. The van der Waals surface area contributed by atoms with Crippen molar-refractivity contribution in [3.8, 4) is 0 Å². The number of hydrogen-bond donors (Lipinski definition) is 0. The van der Waals surface area contributed by atoms with Gasteiger partial charge in [-0.25, -0.2) is 0 Å². The van der Waals surface area contributed by atoms with Crippen molar-refractivity contribution in [1.29, 1.82) is 0 Å². The Morgan fingerprint density at radius 2 is 1.78 bits per heavy atom. The highest BCUT2D eigenvalue weighted by atomic mass is 16.5. The number of ether oxygens (including phenoxy) is 1. The number of carbonyl (C=O) groups excluding carboxylic acids is 1. The maximum Gasteiger partial charge on any atom is 0.257 e. The molecule has 166 valence electrons. The fourth-order valence-corrected chi connectivity index (χ4v) is 4.86. The van der Waals surface area contributed by atoms with Gasteiger partial charge in [0.15, 0.2) is 0 Å². The van der Waals surface area contributed by atoms with E-state index in [-0.39, 0.29) is 12.0 Å². The van der Waals surface area contributed by atoms with Crippen LogP contribution in [0.5, 0.6) is 0 Å². The van der Waals surface area contributed by atoms with Gasteiger partial charge in [0.05, 0.1) is 31.1 Å². The first-order valence-corrected chi connectivity index (χ1v) is 11.5. The monoisotopic (exact) mass is 430 g/mol. The predicted octanol–water partition coefficient (Wildman–Crippen LogP) is 5.05. The molecule has 2 aliphatic heterocycles. The number of hydrogen-bond acceptors (Lipinski definition) is 4. The molecular weight excluding hydrogens is 400 g/mol. The average Bonchev–Trinajstić information content (AvgIpc) is 3.43. The zero-order valence-corrected chi connectivity index (χ0v) is 18.6. The smallest absolute Gasteiger partial charge is 0.257 e. The molecule has 0 aliphatic carbocycles. The molecule has 1 unspecified atom stereocenters. The van der Waals surface area contributed by atoms with Gasteiger partial charge in [-0.1, -0.05) is 48.5 Å². The van der Waals surface area contributed by atoms with Crippen LogP contribution in [0, 0.1) is 0 Å². The highest BCUT2D eigenvalue weighted by Crippen LogP contribution is 2.34. The zero-order valence-electron chi connectivity index (χ0n) is 18.6. The number of rotatable bonds is 6. The predicted molar refractivity (Wildman–Crippen MR) is 125 cm³/mol. The van der Waals surface area contributed by atoms with E-state index in [9.17, 15) is 4.79 Å². The summed E-state index contributed by atoms with van der Waals surface area (Å²) in [6.07, 6.45) is 4.59. The third-order valence-electron chi connectivity index (χ3n) is 6.70. The van der Waals surface area contributed by atoms with Gasteiger partial charge in [-0.2, -0.15) is 0 Å². The minimum absolute atomic E-state index is 0.0652. The molecule has 3 heterocycles. The molecule has 0 bridgehead atoms. The molecule has 5 nitrogen and oxygen atoms in total. The van der Waals surface area contributed by atoms with E-state index in [4.69, 9.17) is 9.15 Å². The Morgan fingerprint density at radius 3 is 2.59 bits per heavy atom. The molecule has 1 fully saturated rings. The molecule has 0 spiro atoms. The topological polar surface area (TPSA) is 45.9 Å². The summed E-state index contributed by atoms with van der Waals surface area (Å²) in [5, 5.41) is 0. The standard InChI is InChI=1S/C27H30N2O3/c1-20-17-22-9-5-6-10-25(22)29(20)18-26-24(13-16-31-26)27(30)28-14-11-23(12-15-28)32-19-21-7-3-2-4-8-21/h2-10,13,16,20,23H,11-12,14-15,17-19H2,1H3. The van der Waals surface area contributed by atoms with E-state index < -0.39 is 0 Å². The van der Waals surface area contributed by atoms with Gasteiger partial charge in [0, 0.05) is 24.8 Å². The Morgan fingerprint density at radius 1 is 1.03 bits per heavy atom. The lowest BCUT2D eigenvalue weighted by molar-refractivity contribution is -0.000422. The zero-order chi connectivity index (χ0) is 21.9. The Bertz CT molecular complexity index is 1050. The minimum atomic E-state index is 0.0652. The van der Waals surface area contributed by atoms with Crippen molar-refractivity contribution < 1.29 is 13.9 Å². The van der Waals surface area contributed by atoms with E-state index in [1.54, 1.807) is 6.26 Å². The maximum atomic E-state index is 13.3. The number of amides is 1. The molecule has 3 aromatic rings. The van der Waals surface area contributed by atoms with Gasteiger partial charge in [0.25, 0.3) is 5.91 Å². The summed E-state index contributed by atoms with van der Waals surface area (Å²) >= 11 is 0. The highest BCUT2D eigenvalue weighted by molar-refractivity contribution is 5.95. The van der Waals surface area contributed by atoms with Crippen LogP contribution in [0.1, 0.15) is 47.0 Å². The van der Waals surface area contributed by atoms with Crippen LogP contribution in [0.2, 0.25) is 0 Å². The summed E-state index contributed by atoms with van der Waals surface area (Å²) in [6.45, 7) is 4.89. The van der Waals surface area contributed by atoms with Gasteiger partial charge in [-0.3, -0.25) is 4.79 Å². The van der Waals surface area contributed by atoms with Crippen LogP contribution in [0.3, 0.4) is 0 Å². The van der Waals surface area contributed by atoms with E-state index in [1.165, 1.54) is 16.8 Å². The Labute approximate surface area is 189 Å². The highest BCUT2D eigenvalue weighted by Gasteiger charge is 2.30. The number of para-hydroxylation sites is 1. The fraction of sp³-hybridized carbons (Fsp3) is 0.370. The molecule has 0 N–H and O–H groups in total. The molecule has 1 saturated heterocycles. The van der Waals surface area contributed by atoms with Crippen molar-refractivity contribution in [1.82, 2.24) is 4.90 Å². The van der Waals surface area contributed by atoms with E-state index in [0.717, 1.165) is 25.0 Å². The lowest BCUT2D eigenvalue weighted by Gasteiger charge is -2.32. The SMILES string of the molecule is CC1Cc2ccccc2N1Cc1occc1C(=O)N1CCC(OCc2ccccc2)CC1. The third kappa shape index (κ3) is 4.30. The summed E-state index contributed by atoms with van der Waals surface area (Å²) in [6, 6.07) is 21.0. The quantitative estimate of drug-likeness (QED) is 0.549. The largest absolute Gasteiger partial charge is 0.467 e. The fourth-order valence-electron chi connectivity index (χ4n) is 4.86. The van der Waals surface area contributed by atoms with E-state index in [2.05, 4.69) is 48.2 Å². The minimum Gasteiger partial charge on any atom is -0.467 e. The van der Waals surface area contributed by atoms with Gasteiger partial charge in [-0.05, 0) is 49.4 Å². The van der Waals surface area contributed by atoms with Crippen molar-refractivity contribution >= 4 is 11.6 Å². The van der Waals surface area contributed by atoms with Gasteiger partial charge in [0.1, 0.15) is 5.76 Å². The maximum absolute atomic E-state index is 13.3. The summed E-state index contributed by atoms with van der Waals surface area (Å²) in [4.78, 5) is 17.6. The van der Waals surface area contributed by atoms with Crippen LogP contribution >= 0.6 is 0 Å². The lowest BCUT2D eigenvalue weighted by atomic mass is 10.1. The molecule has 32 heavy (non-hydrogen) atoms. The van der Waals surface area contributed by atoms with Crippen molar-refractivity contribution in [2.24, 2.45) is 0 Å². The number of nitrogens with zero attached hydrogens (tertiary/aromatic N) is 2. The number of furan rings is 1. The van der Waals surface area contributed by atoms with Gasteiger partial charge < -0.3 is 19.0 Å². The van der Waals surface area contributed by atoms with Crippen LogP contribution in [0.15, 0.2) is 71.3 Å². The van der Waals surface area contributed by atoms with E-state index in [0.29, 0.717) is 37.8 Å². The number of anilines is 1. The van der Waals surface area contributed by atoms with E-state index >= 15 is 0 Å². The third-order valence-corrected chi connectivity index (χ3v) is 6.70. The van der Waals surface area contributed by atoms with Crippen LogP contribution < -0.4 is 4.90 Å². The number of fused-ring (bicyclic) bond motifs is 1. The summed E-state index contributed by atoms with van der Waals surface area (Å²) in [5.41, 5.74) is 4.47. The first-order valence-electron chi connectivity index (χ1n) is 11.5. The molecule has 2 aliphatic rings. The number of benzene rings is 2. The first-order chi connectivity index (χ1) is 15.7. The molecule has 1 aromatic heterocycles. The second-order valence-corrected chi connectivity index (χ2v) is 8.86. The molecule has 2 aromatic carbocycles. The normalized spacial score (nSPS) is 18.7. The Kier molecular flexibility index (Phi) is 5.99. The molecule has 5 heteroatoms. The lowest BCUT2D eigenvalue weighted by Crippen LogP contribution is -2.41. The Hall–Kier alpha value is -3.05. The number of piperidine rings is 1. The number of carbonyl (C=O) groups is 1. The van der Waals surface area contributed by atoms with Crippen molar-refractivity contribution in [2.75, 3.05) is 18.0 Å². The molecule has 1 atom stereocenters.